The van der Waals surface area contributed by atoms with Crippen LogP contribution >= 0.6 is 0 Å². The van der Waals surface area contributed by atoms with E-state index in [1.54, 1.807) is 18.6 Å². The summed E-state index contributed by atoms with van der Waals surface area (Å²) in [5.74, 6) is 0.342. The average molecular weight is 471 g/mol. The second-order valence-electron chi connectivity index (χ2n) is 9.30. The van der Waals surface area contributed by atoms with E-state index in [9.17, 15) is 13.2 Å². The third kappa shape index (κ3) is 4.80. The van der Waals surface area contributed by atoms with Crippen molar-refractivity contribution >= 4 is 22.2 Å². The summed E-state index contributed by atoms with van der Waals surface area (Å²) in [6.45, 7) is 5.27. The summed E-state index contributed by atoms with van der Waals surface area (Å²) in [5.41, 5.74) is 4.31. The predicted molar refractivity (Wildman–Crippen MR) is 127 cm³/mol. The van der Waals surface area contributed by atoms with Crippen LogP contribution in [0.3, 0.4) is 0 Å². The molecular weight excluding hydrogens is 441 g/mol. The molecule has 2 N–H and O–H groups in total. The van der Waals surface area contributed by atoms with Crippen molar-refractivity contribution in [1.29, 1.82) is 0 Å². The first-order valence-electron chi connectivity index (χ1n) is 12.0. The van der Waals surface area contributed by atoms with Crippen LogP contribution in [0.15, 0.2) is 36.3 Å². The van der Waals surface area contributed by atoms with Crippen LogP contribution in [0.1, 0.15) is 56.0 Å². The van der Waals surface area contributed by atoms with Gasteiger partial charge in [0, 0.05) is 24.0 Å². The molecule has 0 bridgehead atoms. The molecule has 6 nitrogen and oxygen atoms in total. The minimum atomic E-state index is -4.29. The highest BCUT2D eigenvalue weighted by atomic mass is 19.4. The van der Waals surface area contributed by atoms with E-state index < -0.39 is 12.6 Å². The molecule has 0 unspecified atom stereocenters. The standard InChI is InChI=1S/C25H29F3N6/c1-2-3-9-34-14-18(15-34)32-17-11-29-24(30-12-17)23-16(10-25(26,27)28)5-4-6-19-20(23)7-8-22-21(19)13-31-33-22/h7-8,11-13,18,32H,2-6,9-10,14-15H2,1H3,(H,31,33). The molecule has 2 aromatic heterocycles. The average Bonchev–Trinajstić information content (AvgIpc) is 3.18. The maximum atomic E-state index is 13.5. The fourth-order valence-electron chi connectivity index (χ4n) is 5.06. The van der Waals surface area contributed by atoms with Crippen molar-refractivity contribution in [3.8, 4) is 0 Å². The van der Waals surface area contributed by atoms with Crippen molar-refractivity contribution in [1.82, 2.24) is 25.1 Å². The Morgan fingerprint density at radius 1 is 1.12 bits per heavy atom. The van der Waals surface area contributed by atoms with Crippen molar-refractivity contribution in [2.75, 3.05) is 25.0 Å². The van der Waals surface area contributed by atoms with Crippen LogP contribution in [0.25, 0.3) is 16.5 Å². The minimum Gasteiger partial charge on any atom is -0.377 e. The molecule has 3 aromatic rings. The van der Waals surface area contributed by atoms with Crippen LogP contribution in [0, 0.1) is 0 Å². The van der Waals surface area contributed by atoms with Crippen LogP contribution in [0.4, 0.5) is 18.9 Å². The van der Waals surface area contributed by atoms with Gasteiger partial charge in [-0.2, -0.15) is 18.3 Å². The number of hydrogen-bond donors (Lipinski definition) is 2. The van der Waals surface area contributed by atoms with E-state index in [2.05, 4.69) is 37.3 Å². The van der Waals surface area contributed by atoms with Gasteiger partial charge < -0.3 is 5.32 Å². The van der Waals surface area contributed by atoms with Gasteiger partial charge in [0.1, 0.15) is 0 Å². The number of aromatic nitrogens is 4. The highest BCUT2D eigenvalue weighted by Gasteiger charge is 2.33. The van der Waals surface area contributed by atoms with Gasteiger partial charge in [-0.25, -0.2) is 9.97 Å². The normalized spacial score (nSPS) is 17.5. The van der Waals surface area contributed by atoms with Crippen LogP contribution in [-0.4, -0.2) is 56.9 Å². The van der Waals surface area contributed by atoms with Gasteiger partial charge in [0.05, 0.1) is 42.3 Å². The maximum Gasteiger partial charge on any atom is 0.392 e. The molecule has 0 atom stereocenters. The summed E-state index contributed by atoms with van der Waals surface area (Å²) >= 11 is 0. The van der Waals surface area contributed by atoms with E-state index >= 15 is 0 Å². The van der Waals surface area contributed by atoms with Gasteiger partial charge in [-0.05, 0) is 55.0 Å². The Morgan fingerprint density at radius 3 is 2.65 bits per heavy atom. The number of nitrogens with one attached hydrogen (secondary N) is 2. The quantitative estimate of drug-likeness (QED) is 0.488. The van der Waals surface area contributed by atoms with E-state index in [4.69, 9.17) is 0 Å². The van der Waals surface area contributed by atoms with Gasteiger partial charge in [-0.3, -0.25) is 10.00 Å². The zero-order chi connectivity index (χ0) is 23.7. The van der Waals surface area contributed by atoms with Gasteiger partial charge in [0.25, 0.3) is 0 Å². The number of fused-ring (bicyclic) bond motifs is 3. The summed E-state index contributed by atoms with van der Waals surface area (Å²) in [7, 11) is 0. The number of benzene rings is 1. The van der Waals surface area contributed by atoms with E-state index in [0.717, 1.165) is 47.4 Å². The van der Waals surface area contributed by atoms with E-state index in [-0.39, 0.29) is 0 Å². The molecule has 180 valence electrons. The Hall–Kier alpha value is -2.94. The molecule has 0 amide bonds. The number of allylic oxidation sites excluding steroid dienone is 1. The van der Waals surface area contributed by atoms with Gasteiger partial charge >= 0.3 is 6.18 Å². The molecule has 1 aliphatic carbocycles. The monoisotopic (exact) mass is 470 g/mol. The summed E-state index contributed by atoms with van der Waals surface area (Å²) in [6, 6.07) is 4.09. The number of halogens is 3. The van der Waals surface area contributed by atoms with Crippen LogP contribution < -0.4 is 5.32 Å². The Labute approximate surface area is 196 Å². The Morgan fingerprint density at radius 2 is 1.91 bits per heavy atom. The molecule has 0 spiro atoms. The lowest BCUT2D eigenvalue weighted by molar-refractivity contribution is -0.127. The Balaban J connectivity index is 1.44. The van der Waals surface area contributed by atoms with E-state index in [1.165, 1.54) is 12.8 Å². The molecule has 34 heavy (non-hydrogen) atoms. The highest BCUT2D eigenvalue weighted by molar-refractivity contribution is 5.91. The largest absolute Gasteiger partial charge is 0.392 e. The predicted octanol–water partition coefficient (Wildman–Crippen LogP) is 5.34. The summed E-state index contributed by atoms with van der Waals surface area (Å²) in [6.07, 6.45) is 3.96. The second kappa shape index (κ2) is 9.37. The highest BCUT2D eigenvalue weighted by Crippen LogP contribution is 2.40. The molecule has 1 aromatic carbocycles. The lowest BCUT2D eigenvalue weighted by atomic mass is 9.92. The fourth-order valence-corrected chi connectivity index (χ4v) is 5.06. The molecule has 1 aliphatic heterocycles. The topological polar surface area (TPSA) is 69.7 Å². The van der Waals surface area contributed by atoms with Crippen molar-refractivity contribution in [3.63, 3.8) is 0 Å². The molecule has 5 rings (SSSR count). The number of aryl methyl sites for hydroxylation is 1. The number of hydrogen-bond acceptors (Lipinski definition) is 5. The number of nitrogens with zero attached hydrogens (tertiary/aromatic N) is 4. The third-order valence-corrected chi connectivity index (χ3v) is 6.71. The maximum absolute atomic E-state index is 13.5. The first-order valence-corrected chi connectivity index (χ1v) is 12.0. The lowest BCUT2D eigenvalue weighted by Crippen LogP contribution is -2.54. The van der Waals surface area contributed by atoms with Gasteiger partial charge in [-0.1, -0.05) is 19.4 Å². The second-order valence-corrected chi connectivity index (χ2v) is 9.30. The number of aromatic amines is 1. The van der Waals surface area contributed by atoms with Crippen molar-refractivity contribution in [3.05, 3.63) is 53.2 Å². The lowest BCUT2D eigenvalue weighted by Gasteiger charge is -2.40. The summed E-state index contributed by atoms with van der Waals surface area (Å²) in [5, 5.41) is 11.5. The minimum absolute atomic E-state index is 0.342. The molecule has 0 saturated carbocycles. The molecule has 9 heteroatoms. The summed E-state index contributed by atoms with van der Waals surface area (Å²) < 4.78 is 40.5. The van der Waals surface area contributed by atoms with Gasteiger partial charge in [0.2, 0.25) is 0 Å². The van der Waals surface area contributed by atoms with Crippen LogP contribution in [0.5, 0.6) is 0 Å². The van der Waals surface area contributed by atoms with Crippen LogP contribution in [0.2, 0.25) is 0 Å². The zero-order valence-corrected chi connectivity index (χ0v) is 19.3. The molecule has 2 aliphatic rings. The van der Waals surface area contributed by atoms with Gasteiger partial charge in [0.15, 0.2) is 5.82 Å². The number of unbranched alkanes of at least 4 members (excludes halogenated alkanes) is 1. The van der Waals surface area contributed by atoms with Crippen molar-refractivity contribution in [2.45, 2.75) is 57.7 Å². The number of likely N-dealkylation sites (tertiary alicyclic amines) is 1. The number of anilines is 1. The first kappa shape index (κ1) is 22.8. The molecule has 0 radical (unpaired) electrons. The molecular formula is C25H29F3N6. The molecule has 1 saturated heterocycles. The number of rotatable bonds is 7. The Kier molecular flexibility index (Phi) is 6.29. The summed E-state index contributed by atoms with van der Waals surface area (Å²) in [4.78, 5) is 11.5. The molecule has 1 fully saturated rings. The van der Waals surface area contributed by atoms with Crippen molar-refractivity contribution < 1.29 is 13.2 Å². The van der Waals surface area contributed by atoms with E-state index in [0.29, 0.717) is 42.3 Å². The third-order valence-electron chi connectivity index (χ3n) is 6.71. The smallest absolute Gasteiger partial charge is 0.377 e. The SMILES string of the molecule is CCCCN1CC(Nc2cnc(C3=C(CC(F)(F)F)CCCc4c3ccc3[nH]ncc43)nc2)C1. The molecule has 3 heterocycles. The van der Waals surface area contributed by atoms with E-state index in [1.807, 2.05) is 12.1 Å². The first-order chi connectivity index (χ1) is 16.4. The van der Waals surface area contributed by atoms with Crippen LogP contribution in [-0.2, 0) is 6.42 Å². The van der Waals surface area contributed by atoms with Crippen molar-refractivity contribution in [2.24, 2.45) is 0 Å². The number of H-pyrrole nitrogens is 1. The zero-order valence-electron chi connectivity index (χ0n) is 19.3. The fraction of sp³-hybridized carbons (Fsp3) is 0.480. The number of alkyl halides is 3. The van der Waals surface area contributed by atoms with Gasteiger partial charge in [-0.15, -0.1) is 0 Å². The Bertz CT molecular complexity index is 1180.